The summed E-state index contributed by atoms with van der Waals surface area (Å²) in [6.07, 6.45) is 0.501. The molecule has 1 amide bonds. The highest BCUT2D eigenvalue weighted by Gasteiger charge is 2.16. The van der Waals surface area contributed by atoms with E-state index in [2.05, 4.69) is 5.32 Å². The molecule has 0 radical (unpaired) electrons. The summed E-state index contributed by atoms with van der Waals surface area (Å²) < 4.78 is 0. The highest BCUT2D eigenvalue weighted by molar-refractivity contribution is 5.96. The molecule has 0 aliphatic carbocycles. The number of aliphatic hydroxyl groups excluding tert-OH is 1. The highest BCUT2D eigenvalue weighted by atomic mass is 16.3. The van der Waals surface area contributed by atoms with Crippen LogP contribution in [0.15, 0.2) is 48.5 Å². The van der Waals surface area contributed by atoms with Crippen LogP contribution in [0.2, 0.25) is 0 Å². The Labute approximate surface area is 125 Å². The molecule has 2 aromatic carbocycles. The Bertz CT molecular complexity index is 608. The number of nitrogens with one attached hydrogen (secondary N) is 1. The van der Waals surface area contributed by atoms with Crippen molar-refractivity contribution < 1.29 is 9.90 Å². The maximum absolute atomic E-state index is 12.5. The third-order valence-corrected chi connectivity index (χ3v) is 3.56. The number of aryl methyl sites for hydroxylation is 2. The third-order valence-electron chi connectivity index (χ3n) is 3.56. The zero-order valence-corrected chi connectivity index (χ0v) is 12.5. The maximum Gasteiger partial charge on any atom is 0.252 e. The van der Waals surface area contributed by atoms with Gasteiger partial charge in [-0.15, -0.1) is 0 Å². The molecule has 0 spiro atoms. The molecule has 1 atom stereocenters. The maximum atomic E-state index is 12.5. The molecule has 110 valence electrons. The molecule has 0 heterocycles. The van der Waals surface area contributed by atoms with Gasteiger partial charge in [-0.1, -0.05) is 48.0 Å². The van der Waals surface area contributed by atoms with Crippen molar-refractivity contribution in [3.8, 4) is 0 Å². The minimum atomic E-state index is -0.177. The minimum Gasteiger partial charge on any atom is -0.396 e. The average Bonchev–Trinajstić information content (AvgIpc) is 2.50. The first-order valence-corrected chi connectivity index (χ1v) is 7.15. The number of carbonyl (C=O) groups excluding carboxylic acids is 1. The van der Waals surface area contributed by atoms with Crippen LogP contribution in [0.25, 0.3) is 0 Å². The molecule has 0 bridgehead atoms. The van der Waals surface area contributed by atoms with Gasteiger partial charge in [-0.3, -0.25) is 4.79 Å². The van der Waals surface area contributed by atoms with Crippen LogP contribution < -0.4 is 5.32 Å². The first-order valence-electron chi connectivity index (χ1n) is 7.15. The molecule has 2 N–H and O–H groups in total. The van der Waals surface area contributed by atoms with Crippen molar-refractivity contribution in [3.63, 3.8) is 0 Å². The van der Waals surface area contributed by atoms with Gasteiger partial charge in [0.25, 0.3) is 5.91 Å². The Morgan fingerprint density at radius 3 is 2.52 bits per heavy atom. The molecule has 0 aromatic heterocycles. The average molecular weight is 283 g/mol. The molecule has 3 heteroatoms. The molecule has 0 fully saturated rings. The van der Waals surface area contributed by atoms with Gasteiger partial charge in [0.1, 0.15) is 0 Å². The van der Waals surface area contributed by atoms with E-state index in [1.54, 1.807) is 0 Å². The zero-order valence-electron chi connectivity index (χ0n) is 12.5. The quantitative estimate of drug-likeness (QED) is 0.885. The summed E-state index contributed by atoms with van der Waals surface area (Å²) in [5.74, 6) is -0.0986. The summed E-state index contributed by atoms with van der Waals surface area (Å²) in [6, 6.07) is 15.4. The van der Waals surface area contributed by atoms with E-state index in [0.717, 1.165) is 16.7 Å². The zero-order chi connectivity index (χ0) is 15.2. The number of aliphatic hydroxyl groups is 1. The second kappa shape index (κ2) is 7.04. The second-order valence-electron chi connectivity index (χ2n) is 5.27. The van der Waals surface area contributed by atoms with Crippen molar-refractivity contribution in [1.82, 2.24) is 5.32 Å². The molecule has 21 heavy (non-hydrogen) atoms. The molecule has 3 nitrogen and oxygen atoms in total. The molecule has 0 saturated heterocycles. The number of hydrogen-bond acceptors (Lipinski definition) is 2. The Balaban J connectivity index is 2.20. The lowest BCUT2D eigenvalue weighted by molar-refractivity contribution is 0.0929. The summed E-state index contributed by atoms with van der Waals surface area (Å²) >= 11 is 0. The Morgan fingerprint density at radius 2 is 1.86 bits per heavy atom. The third kappa shape index (κ3) is 3.92. The van der Waals surface area contributed by atoms with Crippen molar-refractivity contribution in [2.24, 2.45) is 0 Å². The molecular formula is C18H21NO2. The van der Waals surface area contributed by atoms with Crippen molar-refractivity contribution in [3.05, 3.63) is 70.8 Å². The van der Waals surface area contributed by atoms with Crippen molar-refractivity contribution in [1.29, 1.82) is 0 Å². The molecule has 0 aliphatic rings. The van der Waals surface area contributed by atoms with Gasteiger partial charge in [0, 0.05) is 12.2 Å². The fourth-order valence-corrected chi connectivity index (χ4v) is 2.35. The van der Waals surface area contributed by atoms with Crippen LogP contribution in [0.4, 0.5) is 0 Å². The first kappa shape index (κ1) is 15.3. The second-order valence-corrected chi connectivity index (χ2v) is 5.27. The van der Waals surface area contributed by atoms with E-state index in [-0.39, 0.29) is 18.6 Å². The number of hydrogen-bond donors (Lipinski definition) is 2. The summed E-state index contributed by atoms with van der Waals surface area (Å²) in [5.41, 5.74) is 3.71. The van der Waals surface area contributed by atoms with Crippen LogP contribution in [0.5, 0.6) is 0 Å². The van der Waals surface area contributed by atoms with Gasteiger partial charge in [0.05, 0.1) is 6.04 Å². The van der Waals surface area contributed by atoms with E-state index < -0.39 is 0 Å². The van der Waals surface area contributed by atoms with Crippen molar-refractivity contribution >= 4 is 5.91 Å². The molecule has 2 aromatic rings. The number of rotatable bonds is 5. The lowest BCUT2D eigenvalue weighted by Crippen LogP contribution is -2.29. The van der Waals surface area contributed by atoms with E-state index in [4.69, 9.17) is 0 Å². The lowest BCUT2D eigenvalue weighted by Gasteiger charge is -2.19. The largest absolute Gasteiger partial charge is 0.396 e. The fraction of sp³-hybridized carbons (Fsp3) is 0.278. The monoisotopic (exact) mass is 283 g/mol. The number of benzene rings is 2. The van der Waals surface area contributed by atoms with Gasteiger partial charge in [-0.05, 0) is 37.5 Å². The lowest BCUT2D eigenvalue weighted by atomic mass is 10.0. The Hall–Kier alpha value is -2.13. The van der Waals surface area contributed by atoms with Gasteiger partial charge >= 0.3 is 0 Å². The Kier molecular flexibility index (Phi) is 5.12. The summed E-state index contributed by atoms with van der Waals surface area (Å²) in [4.78, 5) is 12.5. The molecular weight excluding hydrogens is 262 g/mol. The standard InChI is InChI=1S/C18H21NO2/c1-13-8-9-14(2)16(12-13)18(21)19-17(10-11-20)15-6-4-3-5-7-15/h3-9,12,17,20H,10-11H2,1-2H3,(H,19,21). The SMILES string of the molecule is Cc1ccc(C)c(C(=O)NC(CCO)c2ccccc2)c1. The molecule has 2 rings (SSSR count). The number of amides is 1. The van der Waals surface area contributed by atoms with E-state index in [0.29, 0.717) is 12.0 Å². The van der Waals surface area contributed by atoms with Crippen LogP contribution in [-0.4, -0.2) is 17.6 Å². The van der Waals surface area contributed by atoms with Gasteiger partial charge in [0.2, 0.25) is 0 Å². The van der Waals surface area contributed by atoms with Gasteiger partial charge in [0.15, 0.2) is 0 Å². The van der Waals surface area contributed by atoms with E-state index in [9.17, 15) is 9.90 Å². The van der Waals surface area contributed by atoms with Crippen LogP contribution in [-0.2, 0) is 0 Å². The van der Waals surface area contributed by atoms with Gasteiger partial charge in [-0.2, -0.15) is 0 Å². The first-order chi connectivity index (χ1) is 10.1. The predicted molar refractivity (Wildman–Crippen MR) is 84.3 cm³/mol. The van der Waals surface area contributed by atoms with E-state index in [1.165, 1.54) is 0 Å². The van der Waals surface area contributed by atoms with Gasteiger partial charge in [-0.25, -0.2) is 0 Å². The van der Waals surface area contributed by atoms with E-state index >= 15 is 0 Å². The number of carbonyl (C=O) groups is 1. The van der Waals surface area contributed by atoms with Crippen molar-refractivity contribution in [2.45, 2.75) is 26.3 Å². The van der Waals surface area contributed by atoms with E-state index in [1.807, 2.05) is 62.4 Å². The normalized spacial score (nSPS) is 12.0. The topological polar surface area (TPSA) is 49.3 Å². The minimum absolute atomic E-state index is 0.0344. The summed E-state index contributed by atoms with van der Waals surface area (Å²) in [7, 11) is 0. The predicted octanol–water partition coefficient (Wildman–Crippen LogP) is 3.16. The van der Waals surface area contributed by atoms with Crippen LogP contribution >= 0.6 is 0 Å². The Morgan fingerprint density at radius 1 is 1.14 bits per heavy atom. The van der Waals surface area contributed by atoms with Crippen LogP contribution in [0.1, 0.15) is 39.5 Å². The molecule has 1 unspecified atom stereocenters. The van der Waals surface area contributed by atoms with Crippen LogP contribution in [0.3, 0.4) is 0 Å². The van der Waals surface area contributed by atoms with Crippen molar-refractivity contribution in [2.75, 3.05) is 6.61 Å². The summed E-state index contributed by atoms with van der Waals surface area (Å²) in [6.45, 7) is 3.93. The molecule has 0 aliphatic heterocycles. The highest BCUT2D eigenvalue weighted by Crippen LogP contribution is 2.18. The fourth-order valence-electron chi connectivity index (χ4n) is 2.35. The molecule has 0 saturated carbocycles. The van der Waals surface area contributed by atoms with Gasteiger partial charge < -0.3 is 10.4 Å². The summed E-state index contributed by atoms with van der Waals surface area (Å²) in [5, 5.41) is 12.2. The smallest absolute Gasteiger partial charge is 0.252 e. The van der Waals surface area contributed by atoms with Crippen LogP contribution in [0, 0.1) is 13.8 Å².